The number of carboxylic acids is 1. The Kier molecular flexibility index (Phi) is 6.98. The Balaban J connectivity index is 0.00000136. The van der Waals surface area contributed by atoms with Crippen molar-refractivity contribution in [2.45, 2.75) is 25.0 Å². The number of hydrogen-bond donors (Lipinski definition) is 1. The Bertz CT molecular complexity index is 1100. The van der Waals surface area contributed by atoms with Gasteiger partial charge in [0.1, 0.15) is 5.82 Å². The van der Waals surface area contributed by atoms with Gasteiger partial charge in [-0.1, -0.05) is 22.9 Å². The summed E-state index contributed by atoms with van der Waals surface area (Å²) in [5.41, 5.74) is 0.734. The van der Waals surface area contributed by atoms with Crippen LogP contribution in [0.1, 0.15) is 6.42 Å². The maximum atomic E-state index is 13.7. The van der Waals surface area contributed by atoms with Crippen LogP contribution in [-0.4, -0.2) is 61.4 Å². The van der Waals surface area contributed by atoms with Crippen LogP contribution in [-0.2, 0) is 11.3 Å². The highest BCUT2D eigenvalue weighted by molar-refractivity contribution is 7.59. The van der Waals surface area contributed by atoms with Crippen molar-refractivity contribution in [1.82, 2.24) is 25.2 Å². The second-order valence-electron chi connectivity index (χ2n) is 6.99. The quantitative estimate of drug-likeness (QED) is 0.566. The molecule has 0 aliphatic carbocycles. The average molecular weight is 504 g/mol. The lowest BCUT2D eigenvalue weighted by atomic mass is 10.2. The summed E-state index contributed by atoms with van der Waals surface area (Å²) >= 11 is 7.72. The molecule has 2 fully saturated rings. The van der Waals surface area contributed by atoms with Gasteiger partial charge in [0.15, 0.2) is 11.7 Å². The third kappa shape index (κ3) is 4.45. The SMILES string of the molecule is O=C(O)Cn1nnc(-c2cnc(N3C[C@@H]4C[C@H]3CN4c3cc(F)ccc3Cl)s2)n1.S.S. The Labute approximate surface area is 199 Å². The van der Waals surface area contributed by atoms with E-state index in [-0.39, 0.29) is 51.4 Å². The Morgan fingerprint density at radius 1 is 1.26 bits per heavy atom. The third-order valence-electron chi connectivity index (χ3n) is 5.15. The molecule has 0 amide bonds. The first-order valence-corrected chi connectivity index (χ1v) is 10.1. The summed E-state index contributed by atoms with van der Waals surface area (Å²) in [7, 11) is 0. The monoisotopic (exact) mass is 503 g/mol. The lowest BCUT2D eigenvalue weighted by Gasteiger charge is -2.35. The van der Waals surface area contributed by atoms with Crippen molar-refractivity contribution < 1.29 is 14.3 Å². The smallest absolute Gasteiger partial charge is 0.327 e. The molecule has 166 valence electrons. The van der Waals surface area contributed by atoms with Gasteiger partial charge >= 0.3 is 5.97 Å². The lowest BCUT2D eigenvalue weighted by molar-refractivity contribution is -0.138. The van der Waals surface area contributed by atoms with E-state index in [1.165, 1.54) is 23.5 Å². The molecule has 0 spiro atoms. The summed E-state index contributed by atoms with van der Waals surface area (Å²) < 4.78 is 13.7. The maximum absolute atomic E-state index is 13.7. The summed E-state index contributed by atoms with van der Waals surface area (Å²) in [6.45, 7) is 1.17. The number of piperazine rings is 1. The molecule has 2 aliphatic heterocycles. The number of tetrazole rings is 1. The summed E-state index contributed by atoms with van der Waals surface area (Å²) in [6.07, 6.45) is 2.63. The van der Waals surface area contributed by atoms with Gasteiger partial charge in [-0.15, -0.1) is 10.2 Å². The minimum absolute atomic E-state index is 0. The van der Waals surface area contributed by atoms with Gasteiger partial charge in [-0.3, -0.25) is 4.79 Å². The van der Waals surface area contributed by atoms with Crippen LogP contribution >= 0.6 is 49.9 Å². The highest BCUT2D eigenvalue weighted by Gasteiger charge is 2.45. The molecule has 2 atom stereocenters. The van der Waals surface area contributed by atoms with Crippen LogP contribution in [0, 0.1) is 5.82 Å². The number of anilines is 2. The number of nitrogens with zero attached hydrogens (tertiary/aromatic N) is 7. The van der Waals surface area contributed by atoms with Gasteiger partial charge in [-0.05, 0) is 29.8 Å². The molecule has 2 bridgehead atoms. The normalized spacial score (nSPS) is 19.3. The maximum Gasteiger partial charge on any atom is 0.327 e. The highest BCUT2D eigenvalue weighted by atomic mass is 35.5. The Morgan fingerprint density at radius 2 is 2.00 bits per heavy atom. The molecule has 3 aromatic rings. The minimum Gasteiger partial charge on any atom is -0.480 e. The average Bonchev–Trinajstić information content (AvgIpc) is 3.45. The molecule has 14 heteroatoms. The number of halogens is 2. The zero-order valence-corrected chi connectivity index (χ0v) is 19.5. The zero-order valence-electron chi connectivity index (χ0n) is 15.9. The van der Waals surface area contributed by atoms with E-state index in [0.717, 1.165) is 40.0 Å². The van der Waals surface area contributed by atoms with E-state index in [4.69, 9.17) is 16.7 Å². The van der Waals surface area contributed by atoms with Crippen molar-refractivity contribution in [3.63, 3.8) is 0 Å². The number of aromatic nitrogens is 5. The first kappa shape index (κ1) is 23.6. The topological polar surface area (TPSA) is 100 Å². The van der Waals surface area contributed by atoms with Crippen molar-refractivity contribution in [3.8, 4) is 10.7 Å². The highest BCUT2D eigenvalue weighted by Crippen LogP contribution is 2.41. The van der Waals surface area contributed by atoms with E-state index >= 15 is 0 Å². The standard InChI is InChI=1S/C17H15ClFN7O2S.2H2S/c18-12-2-1-9(19)3-13(12)24-6-11-4-10(24)7-25(11)17-20-5-14(29-17)16-21-23-26(22-16)8-15(27)28;;/h1-3,5,10-11H,4,6-8H2,(H,27,28);2*1H2/t10-,11-;;/m0../s1. The van der Waals surface area contributed by atoms with Crippen LogP contribution in [0.15, 0.2) is 24.4 Å². The molecule has 1 aromatic carbocycles. The van der Waals surface area contributed by atoms with Crippen LogP contribution in [0.25, 0.3) is 10.7 Å². The molecule has 1 N–H and O–H groups in total. The molecular weight excluding hydrogens is 485 g/mol. The Morgan fingerprint density at radius 3 is 2.71 bits per heavy atom. The van der Waals surface area contributed by atoms with Gasteiger partial charge in [-0.2, -0.15) is 31.8 Å². The van der Waals surface area contributed by atoms with Crippen LogP contribution in [0.3, 0.4) is 0 Å². The van der Waals surface area contributed by atoms with Crippen LogP contribution < -0.4 is 9.80 Å². The molecule has 0 unspecified atom stereocenters. The van der Waals surface area contributed by atoms with Gasteiger partial charge in [0.2, 0.25) is 5.82 Å². The largest absolute Gasteiger partial charge is 0.480 e. The molecular formula is C17H19ClFN7O2S3. The molecule has 2 saturated heterocycles. The number of carboxylic acid groups (broad SMARTS) is 1. The number of hydrogen-bond acceptors (Lipinski definition) is 8. The fraction of sp³-hybridized carbons (Fsp3) is 0.353. The van der Waals surface area contributed by atoms with Crippen LogP contribution in [0.2, 0.25) is 5.02 Å². The number of benzene rings is 1. The fourth-order valence-corrected chi connectivity index (χ4v) is 5.08. The van der Waals surface area contributed by atoms with E-state index < -0.39 is 5.97 Å². The second-order valence-corrected chi connectivity index (χ2v) is 8.40. The number of carbonyl (C=O) groups is 1. The molecule has 0 radical (unpaired) electrons. The summed E-state index contributed by atoms with van der Waals surface area (Å²) in [6, 6.07) is 4.94. The molecule has 9 nitrogen and oxygen atoms in total. The van der Waals surface area contributed by atoms with Gasteiger partial charge in [0.05, 0.1) is 27.8 Å². The predicted molar refractivity (Wildman–Crippen MR) is 126 cm³/mol. The van der Waals surface area contributed by atoms with Gasteiger partial charge in [0, 0.05) is 19.1 Å². The van der Waals surface area contributed by atoms with Crippen molar-refractivity contribution in [2.24, 2.45) is 0 Å². The van der Waals surface area contributed by atoms with Gasteiger partial charge in [0.25, 0.3) is 0 Å². The first-order valence-electron chi connectivity index (χ1n) is 8.92. The fourth-order valence-electron chi connectivity index (χ4n) is 3.93. The van der Waals surface area contributed by atoms with Crippen molar-refractivity contribution in [1.29, 1.82) is 0 Å². The lowest BCUT2D eigenvalue weighted by Crippen LogP contribution is -2.46. The van der Waals surface area contributed by atoms with Crippen molar-refractivity contribution in [3.05, 3.63) is 35.2 Å². The molecule has 0 saturated carbocycles. The third-order valence-corrected chi connectivity index (χ3v) is 6.50. The van der Waals surface area contributed by atoms with E-state index in [1.807, 2.05) is 0 Å². The summed E-state index contributed by atoms with van der Waals surface area (Å²) in [5.74, 6) is -0.973. The summed E-state index contributed by atoms with van der Waals surface area (Å²) in [5, 5.41) is 22.0. The number of rotatable bonds is 5. The minimum atomic E-state index is -1.03. The molecule has 2 aromatic heterocycles. The first-order chi connectivity index (χ1) is 14.0. The van der Waals surface area contributed by atoms with E-state index in [2.05, 4.69) is 30.2 Å². The van der Waals surface area contributed by atoms with Crippen LogP contribution in [0.4, 0.5) is 15.2 Å². The molecule has 31 heavy (non-hydrogen) atoms. The second kappa shape index (κ2) is 9.18. The van der Waals surface area contributed by atoms with E-state index in [9.17, 15) is 9.18 Å². The van der Waals surface area contributed by atoms with Crippen LogP contribution in [0.5, 0.6) is 0 Å². The van der Waals surface area contributed by atoms with Gasteiger partial charge in [-0.25, -0.2) is 9.37 Å². The van der Waals surface area contributed by atoms with Crippen molar-refractivity contribution in [2.75, 3.05) is 22.9 Å². The predicted octanol–water partition coefficient (Wildman–Crippen LogP) is 2.37. The summed E-state index contributed by atoms with van der Waals surface area (Å²) in [4.78, 5) is 21.4. The Hall–Kier alpha value is -2.09. The van der Waals surface area contributed by atoms with E-state index in [1.54, 1.807) is 12.3 Å². The van der Waals surface area contributed by atoms with E-state index in [0.29, 0.717) is 10.8 Å². The zero-order chi connectivity index (χ0) is 20.1. The number of aliphatic carboxylic acids is 1. The number of thiazole rings is 1. The molecule has 5 rings (SSSR count). The van der Waals surface area contributed by atoms with Crippen molar-refractivity contribution >= 4 is 66.7 Å². The molecule has 2 aliphatic rings. The molecule has 4 heterocycles. The number of fused-ring (bicyclic) bond motifs is 2. The van der Waals surface area contributed by atoms with Gasteiger partial charge < -0.3 is 14.9 Å².